The molecule has 0 spiro atoms. The number of carbonyl (C=O) groups is 2. The van der Waals surface area contributed by atoms with Crippen molar-refractivity contribution in [2.24, 2.45) is 0 Å². The second-order valence-electron chi connectivity index (χ2n) is 8.01. The Morgan fingerprint density at radius 2 is 1.81 bits per heavy atom. The highest BCUT2D eigenvalue weighted by molar-refractivity contribution is 6.46. The van der Waals surface area contributed by atoms with Gasteiger partial charge in [-0.2, -0.15) is 0 Å². The van der Waals surface area contributed by atoms with Crippen molar-refractivity contribution in [3.63, 3.8) is 0 Å². The van der Waals surface area contributed by atoms with Crippen LogP contribution in [0.15, 0.2) is 54.1 Å². The largest absolute Gasteiger partial charge is 0.507 e. The first-order valence-corrected chi connectivity index (χ1v) is 11.2. The van der Waals surface area contributed by atoms with Gasteiger partial charge >= 0.3 is 0 Å². The molecule has 1 aliphatic heterocycles. The fraction of sp³-hybridized carbons (Fsp3) is 0.360. The number of ether oxygens (including phenoxy) is 1. The lowest BCUT2D eigenvalue weighted by atomic mass is 9.91. The molecular weight excluding hydrogens is 414 g/mol. The molecule has 1 saturated carbocycles. The van der Waals surface area contributed by atoms with Crippen molar-refractivity contribution in [2.75, 3.05) is 6.61 Å². The molecule has 1 aliphatic carbocycles. The molecule has 2 fully saturated rings. The molecule has 1 atom stereocenters. The van der Waals surface area contributed by atoms with Crippen LogP contribution in [0.3, 0.4) is 0 Å². The molecule has 162 valence electrons. The van der Waals surface area contributed by atoms with E-state index < -0.39 is 17.7 Å². The van der Waals surface area contributed by atoms with Crippen molar-refractivity contribution in [3.8, 4) is 5.75 Å². The van der Waals surface area contributed by atoms with Gasteiger partial charge in [0.05, 0.1) is 18.2 Å². The van der Waals surface area contributed by atoms with Crippen LogP contribution in [-0.4, -0.2) is 34.3 Å². The number of rotatable bonds is 5. The summed E-state index contributed by atoms with van der Waals surface area (Å²) in [4.78, 5) is 28.0. The number of amides is 1. The molecule has 1 unspecified atom stereocenters. The number of halogens is 1. The van der Waals surface area contributed by atoms with Crippen LogP contribution in [0, 0.1) is 0 Å². The number of hydrogen-bond acceptors (Lipinski definition) is 4. The van der Waals surface area contributed by atoms with Crippen LogP contribution in [-0.2, 0) is 9.59 Å². The minimum absolute atomic E-state index is 0.0223. The van der Waals surface area contributed by atoms with Crippen molar-refractivity contribution in [3.05, 3.63) is 70.3 Å². The van der Waals surface area contributed by atoms with E-state index in [1.165, 1.54) is 0 Å². The summed E-state index contributed by atoms with van der Waals surface area (Å²) in [6, 6.07) is 13.4. The third-order valence-electron chi connectivity index (χ3n) is 6.05. The summed E-state index contributed by atoms with van der Waals surface area (Å²) in [6.45, 7) is 2.36. The molecule has 6 heteroatoms. The van der Waals surface area contributed by atoms with Crippen LogP contribution < -0.4 is 4.74 Å². The van der Waals surface area contributed by atoms with Crippen molar-refractivity contribution >= 4 is 29.1 Å². The molecule has 0 aromatic heterocycles. The lowest BCUT2D eigenvalue weighted by molar-refractivity contribution is -0.141. The van der Waals surface area contributed by atoms with Gasteiger partial charge in [-0.1, -0.05) is 55.1 Å². The molecule has 2 aliphatic rings. The number of aliphatic hydroxyl groups excluding tert-OH is 1. The van der Waals surface area contributed by atoms with Gasteiger partial charge < -0.3 is 14.7 Å². The first-order valence-electron chi connectivity index (χ1n) is 10.8. The Bertz CT molecular complexity index is 1010. The quantitative estimate of drug-likeness (QED) is 0.380. The normalized spacial score (nSPS) is 21.5. The Kier molecular flexibility index (Phi) is 6.33. The van der Waals surface area contributed by atoms with E-state index in [1.807, 2.05) is 19.1 Å². The number of aliphatic hydroxyl groups is 1. The van der Waals surface area contributed by atoms with Crippen LogP contribution in [0.2, 0.25) is 5.02 Å². The number of likely N-dealkylation sites (tertiary alicyclic amines) is 1. The molecule has 1 heterocycles. The summed E-state index contributed by atoms with van der Waals surface area (Å²) in [7, 11) is 0. The highest BCUT2D eigenvalue weighted by Gasteiger charge is 2.48. The van der Waals surface area contributed by atoms with Gasteiger partial charge in [-0.25, -0.2) is 0 Å². The molecule has 31 heavy (non-hydrogen) atoms. The summed E-state index contributed by atoms with van der Waals surface area (Å²) < 4.78 is 5.54. The smallest absolute Gasteiger partial charge is 0.295 e. The van der Waals surface area contributed by atoms with Crippen LogP contribution in [0.4, 0.5) is 0 Å². The molecule has 2 aromatic rings. The molecule has 1 amide bonds. The SMILES string of the molecule is CCOc1cccc(/C(O)=C2/C(=O)C(=O)N(C3CCCCC3)C2c2ccc(Cl)cc2)c1. The summed E-state index contributed by atoms with van der Waals surface area (Å²) >= 11 is 6.08. The fourth-order valence-electron chi connectivity index (χ4n) is 4.61. The third kappa shape index (κ3) is 4.19. The number of ketones is 1. The van der Waals surface area contributed by atoms with E-state index in [0.717, 1.165) is 37.7 Å². The number of benzene rings is 2. The summed E-state index contributed by atoms with van der Waals surface area (Å²) in [5.41, 5.74) is 1.33. The van der Waals surface area contributed by atoms with Crippen LogP contribution in [0.5, 0.6) is 5.75 Å². The van der Waals surface area contributed by atoms with E-state index in [1.54, 1.807) is 41.3 Å². The van der Waals surface area contributed by atoms with E-state index in [0.29, 0.717) is 22.9 Å². The van der Waals surface area contributed by atoms with Crippen molar-refractivity contribution in [1.29, 1.82) is 0 Å². The topological polar surface area (TPSA) is 66.8 Å². The number of Topliss-reactive ketones (excluding diaryl/α,β-unsaturated/α-hetero) is 1. The van der Waals surface area contributed by atoms with E-state index in [2.05, 4.69) is 0 Å². The summed E-state index contributed by atoms with van der Waals surface area (Å²) in [5, 5.41) is 11.8. The Balaban J connectivity index is 1.84. The maximum atomic E-state index is 13.2. The molecular formula is C25H26ClNO4. The Labute approximate surface area is 187 Å². The van der Waals surface area contributed by atoms with Crippen molar-refractivity contribution < 1.29 is 19.4 Å². The van der Waals surface area contributed by atoms with Gasteiger partial charge in [0.1, 0.15) is 11.5 Å². The number of carbonyl (C=O) groups excluding carboxylic acids is 2. The molecule has 5 nitrogen and oxygen atoms in total. The fourth-order valence-corrected chi connectivity index (χ4v) is 4.74. The second kappa shape index (κ2) is 9.15. The van der Waals surface area contributed by atoms with Crippen LogP contribution in [0.25, 0.3) is 5.76 Å². The Morgan fingerprint density at radius 1 is 1.10 bits per heavy atom. The van der Waals surface area contributed by atoms with Gasteiger partial charge in [-0.3, -0.25) is 9.59 Å². The molecule has 2 aromatic carbocycles. The van der Waals surface area contributed by atoms with Gasteiger partial charge in [-0.15, -0.1) is 0 Å². The minimum Gasteiger partial charge on any atom is -0.507 e. The zero-order chi connectivity index (χ0) is 22.0. The summed E-state index contributed by atoms with van der Waals surface area (Å²) in [5.74, 6) is -0.784. The van der Waals surface area contributed by atoms with Gasteiger partial charge in [0.15, 0.2) is 0 Å². The van der Waals surface area contributed by atoms with Crippen LogP contribution >= 0.6 is 11.6 Å². The second-order valence-corrected chi connectivity index (χ2v) is 8.45. The van der Waals surface area contributed by atoms with E-state index in [-0.39, 0.29) is 17.4 Å². The van der Waals surface area contributed by atoms with Gasteiger partial charge in [0.25, 0.3) is 11.7 Å². The third-order valence-corrected chi connectivity index (χ3v) is 6.30. The van der Waals surface area contributed by atoms with Gasteiger partial charge in [0, 0.05) is 16.6 Å². The highest BCUT2D eigenvalue weighted by atomic mass is 35.5. The average molecular weight is 440 g/mol. The highest BCUT2D eigenvalue weighted by Crippen LogP contribution is 2.43. The number of hydrogen-bond donors (Lipinski definition) is 1. The van der Waals surface area contributed by atoms with Crippen LogP contribution in [0.1, 0.15) is 56.2 Å². The van der Waals surface area contributed by atoms with Crippen molar-refractivity contribution in [1.82, 2.24) is 4.90 Å². The molecule has 4 rings (SSSR count). The van der Waals surface area contributed by atoms with E-state index >= 15 is 0 Å². The first-order chi connectivity index (χ1) is 15.0. The first kappa shape index (κ1) is 21.4. The van der Waals surface area contributed by atoms with E-state index in [4.69, 9.17) is 16.3 Å². The molecule has 0 bridgehead atoms. The molecule has 1 saturated heterocycles. The lowest BCUT2D eigenvalue weighted by Crippen LogP contribution is -2.40. The Morgan fingerprint density at radius 3 is 2.48 bits per heavy atom. The van der Waals surface area contributed by atoms with Gasteiger partial charge in [-0.05, 0) is 49.6 Å². The minimum atomic E-state index is -0.648. The lowest BCUT2D eigenvalue weighted by Gasteiger charge is -2.35. The maximum Gasteiger partial charge on any atom is 0.295 e. The molecule has 0 radical (unpaired) electrons. The average Bonchev–Trinajstić information content (AvgIpc) is 3.05. The maximum absolute atomic E-state index is 13.2. The predicted molar refractivity (Wildman–Crippen MR) is 120 cm³/mol. The zero-order valence-corrected chi connectivity index (χ0v) is 18.3. The monoisotopic (exact) mass is 439 g/mol. The summed E-state index contributed by atoms with van der Waals surface area (Å²) in [6.07, 6.45) is 4.90. The van der Waals surface area contributed by atoms with E-state index in [9.17, 15) is 14.7 Å². The zero-order valence-electron chi connectivity index (χ0n) is 17.5. The Hall–Kier alpha value is -2.79. The van der Waals surface area contributed by atoms with Gasteiger partial charge in [0.2, 0.25) is 0 Å². The number of nitrogens with zero attached hydrogens (tertiary/aromatic N) is 1. The standard InChI is InChI=1S/C25H26ClNO4/c1-2-31-20-10-6-7-17(15-20)23(28)21-22(16-11-13-18(26)14-12-16)27(25(30)24(21)29)19-8-4-3-5-9-19/h6-7,10-15,19,22,28H,2-5,8-9H2,1H3/b23-21-. The predicted octanol–water partition coefficient (Wildman–Crippen LogP) is 5.49. The molecule has 1 N–H and O–H groups in total. The van der Waals surface area contributed by atoms with Crippen molar-refractivity contribution in [2.45, 2.75) is 51.1 Å².